The number of ether oxygens (including phenoxy) is 3. The highest BCUT2D eigenvalue weighted by Crippen LogP contribution is 2.34. The second kappa shape index (κ2) is 10.8. The molecule has 0 spiro atoms. The minimum atomic E-state index is -0.340. The molecular weight excluding hydrogens is 465 g/mol. The van der Waals surface area contributed by atoms with Crippen molar-refractivity contribution in [3.63, 3.8) is 0 Å². The van der Waals surface area contributed by atoms with Gasteiger partial charge in [-0.15, -0.1) is 0 Å². The van der Waals surface area contributed by atoms with Gasteiger partial charge in [0.2, 0.25) is 0 Å². The summed E-state index contributed by atoms with van der Waals surface area (Å²) in [7, 11) is 1.56. The van der Waals surface area contributed by atoms with Crippen LogP contribution in [0.15, 0.2) is 65.1 Å². The number of benzene rings is 3. The topological polar surface area (TPSA) is 56.8 Å². The zero-order chi connectivity index (χ0) is 22.2. The molecular formula is C24H23BrFNO4. The normalized spacial score (nSPS) is 10.5. The largest absolute Gasteiger partial charge is 0.493 e. The van der Waals surface area contributed by atoms with E-state index in [1.54, 1.807) is 50.4 Å². The summed E-state index contributed by atoms with van der Waals surface area (Å²) in [5, 5.41) is 3.31. The number of carbonyl (C=O) groups is 1. The van der Waals surface area contributed by atoms with Crippen molar-refractivity contribution in [3.05, 3.63) is 87.6 Å². The number of methoxy groups -OCH3 is 1. The fraction of sp³-hybridized carbons (Fsp3) is 0.208. The van der Waals surface area contributed by atoms with E-state index >= 15 is 0 Å². The molecule has 3 aromatic rings. The molecule has 3 aromatic carbocycles. The van der Waals surface area contributed by atoms with Gasteiger partial charge in [-0.3, -0.25) is 0 Å². The van der Waals surface area contributed by atoms with E-state index in [4.69, 9.17) is 14.2 Å². The lowest BCUT2D eigenvalue weighted by Gasteiger charge is -2.15. The predicted molar refractivity (Wildman–Crippen MR) is 121 cm³/mol. The summed E-state index contributed by atoms with van der Waals surface area (Å²) in [4.78, 5) is 11.7. The highest BCUT2D eigenvalue weighted by Gasteiger charge is 2.12. The van der Waals surface area contributed by atoms with E-state index in [0.717, 1.165) is 15.7 Å². The number of esters is 1. The average molecular weight is 488 g/mol. The van der Waals surface area contributed by atoms with Crippen molar-refractivity contribution in [1.82, 2.24) is 0 Å². The number of halogens is 2. The van der Waals surface area contributed by atoms with Gasteiger partial charge in [-0.2, -0.15) is 0 Å². The van der Waals surface area contributed by atoms with Crippen molar-refractivity contribution < 1.29 is 23.4 Å². The standard InChI is InChI=1S/C24H23BrFNO4/c1-3-30-24(28)16-8-10-19(11-9-16)27-14-18-12-22(29-2)23(13-20(18)25)31-15-17-6-4-5-7-21(17)26/h4-13,27H,3,14-15H2,1-2H3. The van der Waals surface area contributed by atoms with Crippen LogP contribution in [-0.4, -0.2) is 19.7 Å². The molecule has 162 valence electrons. The highest BCUT2D eigenvalue weighted by molar-refractivity contribution is 9.10. The number of nitrogens with one attached hydrogen (secondary N) is 1. The van der Waals surface area contributed by atoms with Crippen LogP contribution in [0.5, 0.6) is 11.5 Å². The summed E-state index contributed by atoms with van der Waals surface area (Å²) in [6, 6.07) is 17.2. The van der Waals surface area contributed by atoms with Gasteiger partial charge < -0.3 is 19.5 Å². The molecule has 0 heterocycles. The number of hydrogen-bond donors (Lipinski definition) is 1. The summed E-state index contributed by atoms with van der Waals surface area (Å²) in [6.07, 6.45) is 0. The zero-order valence-electron chi connectivity index (χ0n) is 17.3. The van der Waals surface area contributed by atoms with Crippen LogP contribution in [0.2, 0.25) is 0 Å². The van der Waals surface area contributed by atoms with Gasteiger partial charge in [0.05, 0.1) is 19.3 Å². The minimum Gasteiger partial charge on any atom is -0.493 e. The van der Waals surface area contributed by atoms with Crippen molar-refractivity contribution in [3.8, 4) is 11.5 Å². The van der Waals surface area contributed by atoms with E-state index in [0.29, 0.717) is 35.8 Å². The van der Waals surface area contributed by atoms with E-state index in [2.05, 4.69) is 21.2 Å². The molecule has 0 fully saturated rings. The maximum Gasteiger partial charge on any atom is 0.338 e. The van der Waals surface area contributed by atoms with Crippen molar-refractivity contribution in [1.29, 1.82) is 0 Å². The molecule has 0 bridgehead atoms. The van der Waals surface area contributed by atoms with Crippen molar-refractivity contribution in [2.24, 2.45) is 0 Å². The Hall–Kier alpha value is -3.06. The first-order chi connectivity index (χ1) is 15.0. The Bertz CT molecular complexity index is 1040. The van der Waals surface area contributed by atoms with E-state index in [9.17, 15) is 9.18 Å². The lowest BCUT2D eigenvalue weighted by atomic mass is 10.1. The SMILES string of the molecule is CCOC(=O)c1ccc(NCc2cc(OC)c(OCc3ccccc3F)cc2Br)cc1. The average Bonchev–Trinajstić information content (AvgIpc) is 2.78. The van der Waals surface area contributed by atoms with Crippen molar-refractivity contribution in [2.45, 2.75) is 20.1 Å². The summed E-state index contributed by atoms with van der Waals surface area (Å²) < 4.78 is 30.9. The first kappa shape index (κ1) is 22.6. The number of carbonyl (C=O) groups excluding carboxylic acids is 1. The molecule has 7 heteroatoms. The van der Waals surface area contributed by atoms with Crippen LogP contribution < -0.4 is 14.8 Å². The molecule has 0 radical (unpaired) electrons. The van der Waals surface area contributed by atoms with Gasteiger partial charge in [0, 0.05) is 22.3 Å². The lowest BCUT2D eigenvalue weighted by molar-refractivity contribution is 0.0526. The van der Waals surface area contributed by atoms with E-state index in [1.807, 2.05) is 18.2 Å². The molecule has 0 saturated carbocycles. The van der Waals surface area contributed by atoms with E-state index in [1.165, 1.54) is 6.07 Å². The van der Waals surface area contributed by atoms with E-state index < -0.39 is 0 Å². The van der Waals surface area contributed by atoms with Crippen molar-refractivity contribution >= 4 is 27.6 Å². The van der Waals surface area contributed by atoms with Crippen LogP contribution >= 0.6 is 15.9 Å². The Morgan fingerprint density at radius 1 is 1.03 bits per heavy atom. The minimum absolute atomic E-state index is 0.0971. The molecule has 0 unspecified atom stereocenters. The molecule has 0 aliphatic carbocycles. The zero-order valence-corrected chi connectivity index (χ0v) is 18.9. The molecule has 1 N–H and O–H groups in total. The molecule has 0 aliphatic heterocycles. The maximum atomic E-state index is 13.8. The first-order valence-corrected chi connectivity index (χ1v) is 10.5. The second-order valence-corrected chi connectivity index (χ2v) is 7.48. The fourth-order valence-corrected chi connectivity index (χ4v) is 3.35. The number of hydrogen-bond acceptors (Lipinski definition) is 5. The molecule has 31 heavy (non-hydrogen) atoms. The molecule has 5 nitrogen and oxygen atoms in total. The van der Waals surface area contributed by atoms with Crippen LogP contribution in [0.25, 0.3) is 0 Å². The maximum absolute atomic E-state index is 13.8. The van der Waals surface area contributed by atoms with Gasteiger partial charge in [-0.1, -0.05) is 34.1 Å². The Balaban J connectivity index is 1.67. The molecule has 0 amide bonds. The Morgan fingerprint density at radius 3 is 2.45 bits per heavy atom. The third-order valence-electron chi connectivity index (χ3n) is 4.55. The molecule has 0 aromatic heterocycles. The molecule has 0 atom stereocenters. The van der Waals surface area contributed by atoms with E-state index in [-0.39, 0.29) is 18.4 Å². The lowest BCUT2D eigenvalue weighted by Crippen LogP contribution is -2.05. The third-order valence-corrected chi connectivity index (χ3v) is 5.29. The van der Waals surface area contributed by atoms with Gasteiger partial charge in [0.15, 0.2) is 11.5 Å². The van der Waals surface area contributed by atoms with Gasteiger partial charge in [-0.05, 0) is 55.0 Å². The van der Waals surface area contributed by atoms with Gasteiger partial charge in [0.1, 0.15) is 12.4 Å². The molecule has 3 rings (SSSR count). The Morgan fingerprint density at radius 2 is 1.77 bits per heavy atom. The van der Waals surface area contributed by atoms with Crippen LogP contribution in [0.3, 0.4) is 0 Å². The monoisotopic (exact) mass is 487 g/mol. The van der Waals surface area contributed by atoms with Crippen LogP contribution in [0.4, 0.5) is 10.1 Å². The first-order valence-electron chi connectivity index (χ1n) is 9.75. The predicted octanol–water partition coefficient (Wildman–Crippen LogP) is 5.96. The second-order valence-electron chi connectivity index (χ2n) is 6.63. The summed E-state index contributed by atoms with van der Waals surface area (Å²) >= 11 is 3.56. The third kappa shape index (κ3) is 5.98. The van der Waals surface area contributed by atoms with Crippen molar-refractivity contribution in [2.75, 3.05) is 19.0 Å². The molecule has 0 saturated heterocycles. The van der Waals surface area contributed by atoms with Gasteiger partial charge in [0.25, 0.3) is 0 Å². The summed E-state index contributed by atoms with van der Waals surface area (Å²) in [6.45, 7) is 2.73. The highest BCUT2D eigenvalue weighted by atomic mass is 79.9. The number of anilines is 1. The summed E-state index contributed by atoms with van der Waals surface area (Å²) in [5.41, 5.74) is 2.78. The van der Waals surface area contributed by atoms with Gasteiger partial charge >= 0.3 is 5.97 Å². The smallest absolute Gasteiger partial charge is 0.338 e. The number of rotatable bonds is 9. The fourth-order valence-electron chi connectivity index (χ4n) is 2.89. The Kier molecular flexibility index (Phi) is 7.89. The van der Waals surface area contributed by atoms with Crippen LogP contribution in [0.1, 0.15) is 28.4 Å². The van der Waals surface area contributed by atoms with Gasteiger partial charge in [-0.25, -0.2) is 9.18 Å². The quantitative estimate of drug-likeness (QED) is 0.377. The summed E-state index contributed by atoms with van der Waals surface area (Å²) in [5.74, 6) is 0.414. The van der Waals surface area contributed by atoms with Crippen LogP contribution in [0, 0.1) is 5.82 Å². The molecule has 0 aliphatic rings. The van der Waals surface area contributed by atoms with Crippen LogP contribution in [-0.2, 0) is 17.9 Å². The Labute approximate surface area is 189 Å².